The first-order chi connectivity index (χ1) is 9.00. The zero-order valence-electron chi connectivity index (χ0n) is 9.45. The summed E-state index contributed by atoms with van der Waals surface area (Å²) in [5.41, 5.74) is 0.323. The molecule has 0 aliphatic heterocycles. The molecule has 0 saturated carbocycles. The number of aliphatic carboxylic acids is 1. The van der Waals surface area contributed by atoms with Gasteiger partial charge in [0.1, 0.15) is 0 Å². The first-order valence-corrected chi connectivity index (χ1v) is 5.53. The predicted octanol–water partition coefficient (Wildman–Crippen LogP) is 1.25. The van der Waals surface area contributed by atoms with Crippen molar-refractivity contribution in [2.24, 2.45) is 0 Å². The van der Waals surface area contributed by atoms with Crippen molar-refractivity contribution in [1.29, 1.82) is 0 Å². The minimum Gasteiger partial charge on any atom is -0.481 e. The molecule has 1 aromatic heterocycles. The van der Waals surface area contributed by atoms with E-state index in [0.29, 0.717) is 0 Å². The van der Waals surface area contributed by atoms with E-state index in [0.717, 1.165) is 4.68 Å². The molecule has 0 radical (unpaired) electrons. The Bertz CT molecular complexity index is 653. The lowest BCUT2D eigenvalue weighted by atomic mass is 10.1. The van der Waals surface area contributed by atoms with E-state index in [1.165, 1.54) is 12.1 Å². The molecule has 98 valence electrons. The molecule has 0 amide bonds. The fourth-order valence-corrected chi connectivity index (χ4v) is 1.79. The van der Waals surface area contributed by atoms with Gasteiger partial charge in [-0.25, -0.2) is 9.48 Å². The molecule has 2 N–H and O–H groups in total. The van der Waals surface area contributed by atoms with E-state index >= 15 is 0 Å². The van der Waals surface area contributed by atoms with Gasteiger partial charge in [-0.3, -0.25) is 4.79 Å². The van der Waals surface area contributed by atoms with Gasteiger partial charge in [-0.15, -0.1) is 5.10 Å². The second-order valence-corrected chi connectivity index (χ2v) is 3.99. The molecule has 0 aliphatic carbocycles. The fraction of sp³-hybridized carbons (Fsp3) is 0.0909. The van der Waals surface area contributed by atoms with Crippen LogP contribution in [0.3, 0.4) is 0 Å². The van der Waals surface area contributed by atoms with Crippen molar-refractivity contribution >= 4 is 23.5 Å². The van der Waals surface area contributed by atoms with Gasteiger partial charge in [0.15, 0.2) is 5.15 Å². The summed E-state index contributed by atoms with van der Waals surface area (Å²) in [6, 6.07) is 6.06. The summed E-state index contributed by atoms with van der Waals surface area (Å²) in [7, 11) is 0. The molecule has 2 aromatic rings. The van der Waals surface area contributed by atoms with Gasteiger partial charge in [-0.2, -0.15) is 0 Å². The summed E-state index contributed by atoms with van der Waals surface area (Å²) in [4.78, 5) is 21.9. The molecule has 0 atom stereocenters. The Morgan fingerprint density at radius 1 is 1.26 bits per heavy atom. The number of aromatic nitrogens is 3. The van der Waals surface area contributed by atoms with Crippen LogP contribution in [0.1, 0.15) is 16.1 Å². The van der Waals surface area contributed by atoms with Crippen LogP contribution in [0, 0.1) is 0 Å². The highest BCUT2D eigenvalue weighted by molar-refractivity contribution is 6.30. The van der Waals surface area contributed by atoms with Gasteiger partial charge in [0, 0.05) is 0 Å². The van der Waals surface area contributed by atoms with Gasteiger partial charge >= 0.3 is 11.9 Å². The van der Waals surface area contributed by atoms with E-state index < -0.39 is 18.4 Å². The number of hydrogen-bond acceptors (Lipinski definition) is 4. The lowest BCUT2D eigenvalue weighted by molar-refractivity contribution is -0.136. The summed E-state index contributed by atoms with van der Waals surface area (Å²) in [5.74, 6) is -2.26. The molecule has 0 saturated heterocycles. The van der Waals surface area contributed by atoms with E-state index in [1.54, 1.807) is 12.1 Å². The van der Waals surface area contributed by atoms with Crippen molar-refractivity contribution in [2.75, 3.05) is 0 Å². The van der Waals surface area contributed by atoms with Crippen LogP contribution in [-0.4, -0.2) is 37.1 Å². The maximum atomic E-state index is 11.1. The fourth-order valence-electron chi connectivity index (χ4n) is 1.61. The molecule has 0 bridgehead atoms. The van der Waals surface area contributed by atoms with Gasteiger partial charge in [-0.1, -0.05) is 28.9 Å². The third-order valence-corrected chi connectivity index (χ3v) is 2.69. The monoisotopic (exact) mass is 281 g/mol. The molecule has 0 fully saturated rings. The molecule has 1 aromatic carbocycles. The van der Waals surface area contributed by atoms with Crippen LogP contribution in [0.4, 0.5) is 0 Å². The summed E-state index contributed by atoms with van der Waals surface area (Å²) in [6.45, 7) is 0. The Hall–Kier alpha value is -2.41. The largest absolute Gasteiger partial charge is 0.481 e. The number of benzene rings is 1. The van der Waals surface area contributed by atoms with Crippen molar-refractivity contribution in [3.8, 4) is 5.69 Å². The predicted molar refractivity (Wildman–Crippen MR) is 64.7 cm³/mol. The highest BCUT2D eigenvalue weighted by Crippen LogP contribution is 2.20. The van der Waals surface area contributed by atoms with Crippen LogP contribution in [0.15, 0.2) is 24.3 Å². The SMILES string of the molecule is O=C(O)Cc1c(Cl)nnn1-c1ccccc1C(=O)O. The number of rotatable bonds is 4. The minimum absolute atomic E-state index is 0.0179. The standard InChI is InChI=1S/C11H8ClN3O4/c12-10-8(5-9(16)17)15(14-13-10)7-4-2-1-3-6(7)11(18)19/h1-4H,5H2,(H,16,17)(H,18,19). The Morgan fingerprint density at radius 3 is 2.58 bits per heavy atom. The van der Waals surface area contributed by atoms with Crippen LogP contribution in [0.5, 0.6) is 0 Å². The molecule has 2 rings (SSSR count). The van der Waals surface area contributed by atoms with Crippen LogP contribution in [0.2, 0.25) is 5.15 Å². The summed E-state index contributed by atoms with van der Waals surface area (Å²) < 4.78 is 1.12. The molecule has 0 aliphatic rings. The number of carbonyl (C=O) groups is 2. The number of nitrogens with zero attached hydrogens (tertiary/aromatic N) is 3. The van der Waals surface area contributed by atoms with Gasteiger partial charge in [0.25, 0.3) is 0 Å². The highest BCUT2D eigenvalue weighted by Gasteiger charge is 2.19. The molecule has 19 heavy (non-hydrogen) atoms. The zero-order valence-corrected chi connectivity index (χ0v) is 10.2. The summed E-state index contributed by atoms with van der Waals surface area (Å²) in [5, 5.41) is 25.1. The average Bonchev–Trinajstić information content (AvgIpc) is 2.70. The normalized spacial score (nSPS) is 10.4. The maximum absolute atomic E-state index is 11.1. The van der Waals surface area contributed by atoms with Gasteiger partial charge in [0.2, 0.25) is 0 Å². The number of hydrogen-bond donors (Lipinski definition) is 2. The van der Waals surface area contributed by atoms with E-state index in [2.05, 4.69) is 10.3 Å². The van der Waals surface area contributed by atoms with E-state index in [9.17, 15) is 9.59 Å². The van der Waals surface area contributed by atoms with Crippen LogP contribution in [-0.2, 0) is 11.2 Å². The number of carboxylic acids is 2. The van der Waals surface area contributed by atoms with E-state index in [1.807, 2.05) is 0 Å². The summed E-state index contributed by atoms with van der Waals surface area (Å²) >= 11 is 5.77. The van der Waals surface area contributed by atoms with Crippen molar-refractivity contribution in [1.82, 2.24) is 15.0 Å². The van der Waals surface area contributed by atoms with Crippen molar-refractivity contribution in [3.63, 3.8) is 0 Å². The van der Waals surface area contributed by atoms with Gasteiger partial charge in [-0.05, 0) is 12.1 Å². The minimum atomic E-state index is -1.15. The van der Waals surface area contributed by atoms with Gasteiger partial charge < -0.3 is 10.2 Å². The lowest BCUT2D eigenvalue weighted by Gasteiger charge is -2.07. The van der Waals surface area contributed by atoms with E-state index in [-0.39, 0.29) is 22.1 Å². The number of halogens is 1. The lowest BCUT2D eigenvalue weighted by Crippen LogP contribution is -2.12. The quantitative estimate of drug-likeness (QED) is 0.873. The number of aromatic carboxylic acids is 1. The van der Waals surface area contributed by atoms with Crippen LogP contribution < -0.4 is 0 Å². The van der Waals surface area contributed by atoms with Gasteiger partial charge in [0.05, 0.1) is 23.4 Å². The molecular formula is C11H8ClN3O4. The Balaban J connectivity index is 2.60. The Kier molecular flexibility index (Phi) is 3.48. The zero-order chi connectivity index (χ0) is 14.0. The Morgan fingerprint density at radius 2 is 1.95 bits per heavy atom. The molecule has 0 unspecified atom stereocenters. The van der Waals surface area contributed by atoms with Crippen LogP contribution in [0.25, 0.3) is 5.69 Å². The van der Waals surface area contributed by atoms with Crippen molar-refractivity contribution < 1.29 is 19.8 Å². The van der Waals surface area contributed by atoms with E-state index in [4.69, 9.17) is 21.8 Å². The molecular weight excluding hydrogens is 274 g/mol. The number of para-hydroxylation sites is 1. The first-order valence-electron chi connectivity index (χ1n) is 5.15. The maximum Gasteiger partial charge on any atom is 0.337 e. The average molecular weight is 282 g/mol. The third kappa shape index (κ3) is 2.55. The molecule has 0 spiro atoms. The molecule has 8 heteroatoms. The molecule has 1 heterocycles. The smallest absolute Gasteiger partial charge is 0.337 e. The first kappa shape index (κ1) is 13.0. The second-order valence-electron chi connectivity index (χ2n) is 3.63. The number of carboxylic acid groups (broad SMARTS) is 2. The Labute approximate surface area is 112 Å². The van der Waals surface area contributed by atoms with Crippen molar-refractivity contribution in [3.05, 3.63) is 40.7 Å². The molecule has 7 nitrogen and oxygen atoms in total. The third-order valence-electron chi connectivity index (χ3n) is 2.40. The topological polar surface area (TPSA) is 105 Å². The second kappa shape index (κ2) is 5.07. The van der Waals surface area contributed by atoms with Crippen LogP contribution >= 0.6 is 11.6 Å². The van der Waals surface area contributed by atoms with Crippen molar-refractivity contribution in [2.45, 2.75) is 6.42 Å². The summed E-state index contributed by atoms with van der Waals surface area (Å²) in [6.07, 6.45) is -0.403. The highest BCUT2D eigenvalue weighted by atomic mass is 35.5.